The molecule has 1 rings (SSSR count). The molecule has 0 aromatic rings. The van der Waals surface area contributed by atoms with Gasteiger partial charge in [-0.15, -0.1) is 24.0 Å². The molecule has 0 aromatic heterocycles. The van der Waals surface area contributed by atoms with E-state index in [0.717, 1.165) is 51.8 Å². The second-order valence-electron chi connectivity index (χ2n) is 8.58. The number of hydrogen-bond donors (Lipinski definition) is 3. The number of nitrogens with zero attached hydrogens (tertiary/aromatic N) is 2. The molecule has 0 saturated carbocycles. The predicted octanol–water partition coefficient (Wildman–Crippen LogP) is 2.07. The molecule has 1 aliphatic rings. The van der Waals surface area contributed by atoms with Gasteiger partial charge in [0.15, 0.2) is 5.96 Å². The normalized spacial score (nSPS) is 17.0. The number of nitrogens with one attached hydrogen (secondary N) is 3. The average Bonchev–Trinajstić information content (AvgIpc) is 2.61. The molecule has 1 heterocycles. The highest BCUT2D eigenvalue weighted by Gasteiger charge is 2.22. The van der Waals surface area contributed by atoms with E-state index in [4.69, 9.17) is 9.73 Å². The summed E-state index contributed by atoms with van der Waals surface area (Å²) in [6.45, 7) is 18.7. The van der Waals surface area contributed by atoms with Gasteiger partial charge >= 0.3 is 0 Å². The Bertz CT molecular complexity index is 460. The number of ether oxygens (including phenoxy) is 1. The Labute approximate surface area is 188 Å². The number of rotatable bonds is 9. The van der Waals surface area contributed by atoms with Crippen molar-refractivity contribution in [3.05, 3.63) is 0 Å². The number of morpholine rings is 1. The van der Waals surface area contributed by atoms with Gasteiger partial charge in [0.2, 0.25) is 5.91 Å². The Balaban J connectivity index is 0.00000729. The molecule has 3 N–H and O–H groups in total. The molecule has 0 radical (unpaired) electrons. The minimum Gasteiger partial charge on any atom is -0.379 e. The zero-order valence-electron chi connectivity index (χ0n) is 18.6. The third-order valence-corrected chi connectivity index (χ3v) is 4.49. The van der Waals surface area contributed by atoms with E-state index in [2.05, 4.69) is 41.6 Å². The molecule has 1 amide bonds. The molecular weight excluding hydrogens is 469 g/mol. The Hall–Kier alpha value is -0.610. The maximum Gasteiger partial charge on any atom is 0.225 e. The second kappa shape index (κ2) is 14.4. The highest BCUT2D eigenvalue weighted by atomic mass is 127. The van der Waals surface area contributed by atoms with E-state index in [1.807, 2.05) is 20.8 Å². The lowest BCUT2D eigenvalue weighted by Gasteiger charge is -2.34. The van der Waals surface area contributed by atoms with Crippen LogP contribution in [0.25, 0.3) is 0 Å². The maximum absolute atomic E-state index is 11.9. The molecule has 8 heteroatoms. The van der Waals surface area contributed by atoms with Crippen molar-refractivity contribution in [1.29, 1.82) is 0 Å². The van der Waals surface area contributed by atoms with Crippen molar-refractivity contribution in [2.45, 2.75) is 54.0 Å². The van der Waals surface area contributed by atoms with E-state index in [1.165, 1.54) is 0 Å². The number of aliphatic imine (C=N–C) groups is 1. The number of guanidine groups is 1. The van der Waals surface area contributed by atoms with E-state index < -0.39 is 0 Å². The molecule has 1 aliphatic heterocycles. The highest BCUT2D eigenvalue weighted by molar-refractivity contribution is 14.0. The first kappa shape index (κ1) is 27.4. The van der Waals surface area contributed by atoms with Gasteiger partial charge in [0.25, 0.3) is 0 Å². The lowest BCUT2D eigenvalue weighted by molar-refractivity contribution is -0.128. The van der Waals surface area contributed by atoms with Crippen molar-refractivity contribution in [2.24, 2.45) is 16.3 Å². The fourth-order valence-corrected chi connectivity index (χ4v) is 2.99. The van der Waals surface area contributed by atoms with Crippen LogP contribution >= 0.6 is 24.0 Å². The van der Waals surface area contributed by atoms with Crippen LogP contribution in [0.3, 0.4) is 0 Å². The van der Waals surface area contributed by atoms with Gasteiger partial charge in [0, 0.05) is 44.2 Å². The average molecular weight is 511 g/mol. The maximum atomic E-state index is 11.9. The summed E-state index contributed by atoms with van der Waals surface area (Å²) in [4.78, 5) is 19.2. The van der Waals surface area contributed by atoms with Crippen LogP contribution in [0.1, 0.15) is 48.0 Å². The van der Waals surface area contributed by atoms with Crippen molar-refractivity contribution in [3.63, 3.8) is 0 Å². The lowest BCUT2D eigenvalue weighted by atomic mass is 9.96. The summed E-state index contributed by atoms with van der Waals surface area (Å²) in [5, 5.41) is 9.57. The standard InChI is InChI=1S/C20H41N5O2.HI/c1-7-21-19(23-9-8-22-18(26)20(4,5)6)24-15-17(14-16(2)3)25-10-12-27-13-11-25;/h16-17H,7-15H2,1-6H3,(H,22,26)(H2,21,23,24);1H. The first-order valence-corrected chi connectivity index (χ1v) is 10.4. The van der Waals surface area contributed by atoms with Crippen LogP contribution in [0.4, 0.5) is 0 Å². The van der Waals surface area contributed by atoms with Gasteiger partial charge in [-0.05, 0) is 19.3 Å². The summed E-state index contributed by atoms with van der Waals surface area (Å²) in [5.41, 5.74) is -0.360. The third-order valence-electron chi connectivity index (χ3n) is 4.49. The molecule has 166 valence electrons. The topological polar surface area (TPSA) is 78.0 Å². The summed E-state index contributed by atoms with van der Waals surface area (Å²) in [6, 6.07) is 0.435. The van der Waals surface area contributed by atoms with Crippen molar-refractivity contribution in [3.8, 4) is 0 Å². The molecule has 7 nitrogen and oxygen atoms in total. The van der Waals surface area contributed by atoms with E-state index in [1.54, 1.807) is 0 Å². The van der Waals surface area contributed by atoms with E-state index >= 15 is 0 Å². The third kappa shape index (κ3) is 11.4. The largest absolute Gasteiger partial charge is 0.379 e. The van der Waals surface area contributed by atoms with Gasteiger partial charge < -0.3 is 20.7 Å². The molecule has 1 atom stereocenters. The first-order chi connectivity index (χ1) is 12.7. The minimum atomic E-state index is -0.360. The quantitative estimate of drug-likeness (QED) is 0.191. The molecule has 0 aromatic carbocycles. The van der Waals surface area contributed by atoms with Gasteiger partial charge in [-0.25, -0.2) is 0 Å². The highest BCUT2D eigenvalue weighted by Crippen LogP contribution is 2.14. The molecule has 1 saturated heterocycles. The SMILES string of the molecule is CCNC(=NCC(CC(C)C)N1CCOCC1)NCCNC(=O)C(C)(C)C.I. The summed E-state index contributed by atoms with van der Waals surface area (Å²) >= 11 is 0. The lowest BCUT2D eigenvalue weighted by Crippen LogP contribution is -2.47. The molecular formula is C20H42IN5O2. The smallest absolute Gasteiger partial charge is 0.225 e. The number of hydrogen-bond acceptors (Lipinski definition) is 4. The first-order valence-electron chi connectivity index (χ1n) is 10.4. The Kier molecular flexibility index (Phi) is 14.1. The van der Waals surface area contributed by atoms with Gasteiger partial charge in [-0.1, -0.05) is 34.6 Å². The van der Waals surface area contributed by atoms with Gasteiger partial charge in [-0.2, -0.15) is 0 Å². The minimum absolute atomic E-state index is 0. The Morgan fingerprint density at radius 1 is 1.11 bits per heavy atom. The van der Waals surface area contributed by atoms with Crippen LogP contribution in [-0.2, 0) is 9.53 Å². The predicted molar refractivity (Wildman–Crippen MR) is 127 cm³/mol. The monoisotopic (exact) mass is 511 g/mol. The van der Waals surface area contributed by atoms with Crippen LogP contribution in [0.5, 0.6) is 0 Å². The Morgan fingerprint density at radius 2 is 1.71 bits per heavy atom. The second-order valence-corrected chi connectivity index (χ2v) is 8.58. The summed E-state index contributed by atoms with van der Waals surface area (Å²) in [5.74, 6) is 1.51. The number of halogens is 1. The van der Waals surface area contributed by atoms with E-state index in [0.29, 0.717) is 25.0 Å². The molecule has 0 aliphatic carbocycles. The summed E-state index contributed by atoms with van der Waals surface area (Å²) in [7, 11) is 0. The van der Waals surface area contributed by atoms with Crippen molar-refractivity contribution >= 4 is 35.8 Å². The van der Waals surface area contributed by atoms with Gasteiger partial charge in [0.1, 0.15) is 0 Å². The van der Waals surface area contributed by atoms with Crippen LogP contribution in [-0.4, -0.2) is 75.3 Å². The van der Waals surface area contributed by atoms with Crippen LogP contribution < -0.4 is 16.0 Å². The molecule has 0 spiro atoms. The van der Waals surface area contributed by atoms with E-state index in [9.17, 15) is 4.79 Å². The zero-order valence-corrected chi connectivity index (χ0v) is 21.0. The number of carbonyl (C=O) groups is 1. The fourth-order valence-electron chi connectivity index (χ4n) is 2.99. The fraction of sp³-hybridized carbons (Fsp3) is 0.900. The number of amides is 1. The molecule has 1 fully saturated rings. The summed E-state index contributed by atoms with van der Waals surface area (Å²) in [6.07, 6.45) is 1.13. The van der Waals surface area contributed by atoms with Crippen LogP contribution in [0.15, 0.2) is 4.99 Å². The zero-order chi connectivity index (χ0) is 20.3. The number of carbonyl (C=O) groups excluding carboxylic acids is 1. The van der Waals surface area contributed by atoms with Crippen molar-refractivity contribution < 1.29 is 9.53 Å². The van der Waals surface area contributed by atoms with Crippen molar-refractivity contribution in [2.75, 3.05) is 52.5 Å². The van der Waals surface area contributed by atoms with E-state index in [-0.39, 0.29) is 35.3 Å². The van der Waals surface area contributed by atoms with Gasteiger partial charge in [0.05, 0.1) is 19.8 Å². The summed E-state index contributed by atoms with van der Waals surface area (Å²) < 4.78 is 5.49. The van der Waals surface area contributed by atoms with Gasteiger partial charge in [-0.3, -0.25) is 14.7 Å². The van der Waals surface area contributed by atoms with Crippen LogP contribution in [0, 0.1) is 11.3 Å². The molecule has 0 bridgehead atoms. The molecule has 28 heavy (non-hydrogen) atoms. The van der Waals surface area contributed by atoms with Crippen LogP contribution in [0.2, 0.25) is 0 Å². The Morgan fingerprint density at radius 3 is 2.25 bits per heavy atom. The molecule has 1 unspecified atom stereocenters. The van der Waals surface area contributed by atoms with Crippen molar-refractivity contribution in [1.82, 2.24) is 20.9 Å².